The second kappa shape index (κ2) is 7.90. The summed E-state index contributed by atoms with van der Waals surface area (Å²) in [6, 6.07) is 0. The molecule has 1 atom stereocenters. The third kappa shape index (κ3) is 5.51. The molecule has 0 bridgehead atoms. The number of piperidine rings is 1. The lowest BCUT2D eigenvalue weighted by atomic mass is 9.94. The first-order valence-electron chi connectivity index (χ1n) is 8.21. The molecule has 2 heterocycles. The zero-order valence-electron chi connectivity index (χ0n) is 13.5. The maximum atomic E-state index is 12.4. The first-order chi connectivity index (χ1) is 9.97. The van der Waals surface area contributed by atoms with Gasteiger partial charge in [0.1, 0.15) is 0 Å². The fourth-order valence-corrected chi connectivity index (χ4v) is 4.78. The summed E-state index contributed by atoms with van der Waals surface area (Å²) in [5.74, 6) is 0.928. The van der Waals surface area contributed by atoms with E-state index in [1.165, 1.54) is 6.42 Å². The lowest BCUT2D eigenvalue weighted by Crippen LogP contribution is -2.40. The van der Waals surface area contributed by atoms with Gasteiger partial charge >= 0.3 is 0 Å². The van der Waals surface area contributed by atoms with Crippen LogP contribution in [0.4, 0.5) is 0 Å². The highest BCUT2D eigenvalue weighted by Crippen LogP contribution is 2.24. The normalized spacial score (nSPS) is 25.8. The minimum absolute atomic E-state index is 0.164. The van der Waals surface area contributed by atoms with Crippen molar-refractivity contribution < 1.29 is 13.2 Å². The molecule has 0 N–H and O–H groups in total. The number of sulfonamides is 1. The molecule has 2 aliphatic rings. The van der Waals surface area contributed by atoms with Gasteiger partial charge in [0.15, 0.2) is 0 Å². The minimum atomic E-state index is -3.08. The van der Waals surface area contributed by atoms with E-state index in [2.05, 4.69) is 19.0 Å². The SMILES string of the molecule is CN(C)CCC1CCN(S(=O)(=O)CC[C@H]2CCCO2)CC1. The van der Waals surface area contributed by atoms with Gasteiger partial charge < -0.3 is 9.64 Å². The van der Waals surface area contributed by atoms with E-state index < -0.39 is 10.0 Å². The highest BCUT2D eigenvalue weighted by Gasteiger charge is 2.29. The van der Waals surface area contributed by atoms with Crippen molar-refractivity contribution >= 4 is 10.0 Å². The quantitative estimate of drug-likeness (QED) is 0.715. The predicted molar refractivity (Wildman–Crippen MR) is 84.8 cm³/mol. The van der Waals surface area contributed by atoms with Crippen LogP contribution in [0.1, 0.15) is 38.5 Å². The van der Waals surface area contributed by atoms with Crippen molar-refractivity contribution in [1.82, 2.24) is 9.21 Å². The predicted octanol–water partition coefficient (Wildman–Crippen LogP) is 1.55. The maximum absolute atomic E-state index is 12.4. The zero-order valence-corrected chi connectivity index (χ0v) is 14.3. The molecule has 2 aliphatic heterocycles. The van der Waals surface area contributed by atoms with E-state index in [-0.39, 0.29) is 11.9 Å². The number of hydrogen-bond acceptors (Lipinski definition) is 4. The van der Waals surface area contributed by atoms with Crippen LogP contribution in [0.2, 0.25) is 0 Å². The Morgan fingerprint density at radius 2 is 1.86 bits per heavy atom. The summed E-state index contributed by atoms with van der Waals surface area (Å²) in [5.41, 5.74) is 0. The number of hydrogen-bond donors (Lipinski definition) is 0. The Bertz CT molecular complexity index is 397. The van der Waals surface area contributed by atoms with Gasteiger partial charge in [0.2, 0.25) is 10.0 Å². The van der Waals surface area contributed by atoms with Gasteiger partial charge in [-0.1, -0.05) is 0 Å². The molecular weight excluding hydrogens is 288 g/mol. The van der Waals surface area contributed by atoms with Crippen LogP contribution < -0.4 is 0 Å². The molecule has 21 heavy (non-hydrogen) atoms. The van der Waals surface area contributed by atoms with Gasteiger partial charge in [-0.25, -0.2) is 12.7 Å². The molecule has 6 heteroatoms. The van der Waals surface area contributed by atoms with Crippen molar-refractivity contribution in [3.05, 3.63) is 0 Å². The lowest BCUT2D eigenvalue weighted by molar-refractivity contribution is 0.108. The van der Waals surface area contributed by atoms with E-state index in [1.807, 2.05) is 0 Å². The Hall–Kier alpha value is -0.170. The van der Waals surface area contributed by atoms with E-state index in [0.717, 1.165) is 38.8 Å². The number of nitrogens with zero attached hydrogens (tertiary/aromatic N) is 2. The van der Waals surface area contributed by atoms with E-state index in [9.17, 15) is 8.42 Å². The fraction of sp³-hybridized carbons (Fsp3) is 1.00. The lowest BCUT2D eigenvalue weighted by Gasteiger charge is -2.32. The van der Waals surface area contributed by atoms with Crippen LogP contribution in [0.3, 0.4) is 0 Å². The Kier molecular flexibility index (Phi) is 6.47. The molecule has 0 unspecified atom stereocenters. The van der Waals surface area contributed by atoms with Gasteiger partial charge in [-0.05, 0) is 65.1 Å². The van der Waals surface area contributed by atoms with Crippen LogP contribution in [-0.2, 0) is 14.8 Å². The van der Waals surface area contributed by atoms with Crippen LogP contribution in [0, 0.1) is 5.92 Å². The number of rotatable bonds is 7. The molecule has 0 spiro atoms. The van der Waals surface area contributed by atoms with E-state index in [4.69, 9.17) is 4.74 Å². The standard InChI is InChI=1S/C15H30N2O3S/c1-16(2)9-5-14-6-10-17(11-7-14)21(18,19)13-8-15-4-3-12-20-15/h14-15H,3-13H2,1-2H3/t15-/m1/s1. The Balaban J connectivity index is 1.72. The largest absolute Gasteiger partial charge is 0.378 e. The van der Waals surface area contributed by atoms with Gasteiger partial charge in [-0.3, -0.25) is 0 Å². The maximum Gasteiger partial charge on any atom is 0.214 e. The Morgan fingerprint density at radius 1 is 1.14 bits per heavy atom. The van der Waals surface area contributed by atoms with E-state index in [1.54, 1.807) is 4.31 Å². The smallest absolute Gasteiger partial charge is 0.214 e. The van der Waals surface area contributed by atoms with Crippen molar-refractivity contribution in [3.8, 4) is 0 Å². The van der Waals surface area contributed by atoms with Gasteiger partial charge in [-0.15, -0.1) is 0 Å². The number of ether oxygens (including phenoxy) is 1. The zero-order chi connectivity index (χ0) is 15.3. The molecule has 0 saturated carbocycles. The second-order valence-corrected chi connectivity index (χ2v) is 8.76. The average Bonchev–Trinajstić information content (AvgIpc) is 2.97. The van der Waals surface area contributed by atoms with Gasteiger partial charge in [0, 0.05) is 19.7 Å². The molecule has 2 rings (SSSR count). The van der Waals surface area contributed by atoms with Crippen molar-refractivity contribution in [2.75, 3.05) is 46.1 Å². The van der Waals surface area contributed by atoms with E-state index in [0.29, 0.717) is 25.4 Å². The van der Waals surface area contributed by atoms with Crippen LogP contribution in [0.25, 0.3) is 0 Å². The van der Waals surface area contributed by atoms with Crippen molar-refractivity contribution in [3.63, 3.8) is 0 Å². The van der Waals surface area contributed by atoms with Gasteiger partial charge in [0.25, 0.3) is 0 Å². The highest BCUT2D eigenvalue weighted by molar-refractivity contribution is 7.89. The molecule has 5 nitrogen and oxygen atoms in total. The molecule has 2 fully saturated rings. The van der Waals surface area contributed by atoms with Crippen molar-refractivity contribution in [2.24, 2.45) is 5.92 Å². The van der Waals surface area contributed by atoms with Crippen LogP contribution in [0.5, 0.6) is 0 Å². The topological polar surface area (TPSA) is 49.9 Å². The third-order valence-electron chi connectivity index (χ3n) is 4.67. The summed E-state index contributed by atoms with van der Waals surface area (Å²) >= 11 is 0. The summed E-state index contributed by atoms with van der Waals surface area (Å²) in [6.45, 7) is 3.29. The van der Waals surface area contributed by atoms with Crippen molar-refractivity contribution in [2.45, 2.75) is 44.6 Å². The molecule has 0 aliphatic carbocycles. The summed E-state index contributed by atoms with van der Waals surface area (Å²) in [6.07, 6.45) is 6.10. The van der Waals surface area contributed by atoms with Gasteiger partial charge in [0.05, 0.1) is 11.9 Å². The molecule has 0 aromatic carbocycles. The Morgan fingerprint density at radius 3 is 2.43 bits per heavy atom. The minimum Gasteiger partial charge on any atom is -0.378 e. The molecule has 124 valence electrons. The van der Waals surface area contributed by atoms with Crippen LogP contribution in [0.15, 0.2) is 0 Å². The third-order valence-corrected chi connectivity index (χ3v) is 6.58. The van der Waals surface area contributed by atoms with Crippen LogP contribution >= 0.6 is 0 Å². The summed E-state index contributed by atoms with van der Waals surface area (Å²) in [5, 5.41) is 0. The first-order valence-corrected chi connectivity index (χ1v) is 9.82. The molecule has 0 radical (unpaired) electrons. The monoisotopic (exact) mass is 318 g/mol. The highest BCUT2D eigenvalue weighted by atomic mass is 32.2. The summed E-state index contributed by atoms with van der Waals surface area (Å²) in [7, 11) is 1.09. The molecule has 0 amide bonds. The first kappa shape index (κ1) is 17.2. The molecule has 0 aromatic heterocycles. The fourth-order valence-electron chi connectivity index (χ4n) is 3.20. The van der Waals surface area contributed by atoms with E-state index >= 15 is 0 Å². The summed E-state index contributed by atoms with van der Waals surface area (Å²) < 4.78 is 32.0. The second-order valence-electron chi connectivity index (χ2n) is 6.67. The van der Waals surface area contributed by atoms with Crippen LogP contribution in [-0.4, -0.2) is 69.8 Å². The average molecular weight is 318 g/mol. The Labute approximate surface area is 129 Å². The molecule has 0 aromatic rings. The molecular formula is C15H30N2O3S. The van der Waals surface area contributed by atoms with Crippen molar-refractivity contribution in [1.29, 1.82) is 0 Å². The summed E-state index contributed by atoms with van der Waals surface area (Å²) in [4.78, 5) is 2.20. The molecule has 2 saturated heterocycles. The van der Waals surface area contributed by atoms with Gasteiger partial charge in [-0.2, -0.15) is 0 Å².